The summed E-state index contributed by atoms with van der Waals surface area (Å²) in [5.41, 5.74) is 0. The van der Waals surface area contributed by atoms with Gasteiger partial charge in [0.15, 0.2) is 5.82 Å². The fraction of sp³-hybridized carbons (Fsp3) is 0.833. The van der Waals surface area contributed by atoms with Gasteiger partial charge in [-0.3, -0.25) is 0 Å². The average Bonchev–Trinajstić information content (AvgIpc) is 2.99. The van der Waals surface area contributed by atoms with E-state index in [-0.39, 0.29) is 0 Å². The highest BCUT2D eigenvalue weighted by atomic mass is 15.4. The third kappa shape index (κ3) is 2.16. The van der Waals surface area contributed by atoms with Gasteiger partial charge in [-0.1, -0.05) is 12.8 Å². The SMILES string of the molecule is Cn1nc(C2CCCC2)nc1N1CCNCC1. The largest absolute Gasteiger partial charge is 0.338 e. The third-order valence-corrected chi connectivity index (χ3v) is 3.88. The Balaban J connectivity index is 1.79. The van der Waals surface area contributed by atoms with Crippen LogP contribution in [0.2, 0.25) is 0 Å². The van der Waals surface area contributed by atoms with Gasteiger partial charge in [-0.2, -0.15) is 10.1 Å². The first-order valence-corrected chi connectivity index (χ1v) is 6.71. The van der Waals surface area contributed by atoms with Crippen LogP contribution in [-0.2, 0) is 7.05 Å². The number of aromatic nitrogens is 3. The van der Waals surface area contributed by atoms with E-state index in [1.54, 1.807) is 0 Å². The van der Waals surface area contributed by atoms with Crippen molar-refractivity contribution < 1.29 is 0 Å². The number of hydrogen-bond donors (Lipinski definition) is 1. The van der Waals surface area contributed by atoms with E-state index >= 15 is 0 Å². The molecular formula is C12H21N5. The minimum absolute atomic E-state index is 0.609. The lowest BCUT2D eigenvalue weighted by atomic mass is 10.1. The number of anilines is 1. The standard InChI is InChI=1S/C12H21N5/c1-16-12(17-8-6-13-7-9-17)14-11(15-16)10-4-2-3-5-10/h10,13H,2-9H2,1H3. The summed E-state index contributed by atoms with van der Waals surface area (Å²) in [7, 11) is 2.02. The van der Waals surface area contributed by atoms with Crippen molar-refractivity contribution >= 4 is 5.95 Å². The minimum atomic E-state index is 0.609. The molecule has 0 spiro atoms. The van der Waals surface area contributed by atoms with E-state index in [1.165, 1.54) is 25.7 Å². The molecule has 1 N–H and O–H groups in total. The van der Waals surface area contributed by atoms with Crippen LogP contribution in [0.4, 0.5) is 5.95 Å². The van der Waals surface area contributed by atoms with Crippen molar-refractivity contribution in [2.24, 2.45) is 7.05 Å². The molecule has 1 aliphatic carbocycles. The van der Waals surface area contributed by atoms with Crippen molar-refractivity contribution in [3.8, 4) is 0 Å². The van der Waals surface area contributed by atoms with Crippen LogP contribution in [0.15, 0.2) is 0 Å². The summed E-state index contributed by atoms with van der Waals surface area (Å²) in [6.45, 7) is 4.17. The first kappa shape index (κ1) is 11.0. The fourth-order valence-electron chi connectivity index (χ4n) is 2.89. The number of nitrogens with zero attached hydrogens (tertiary/aromatic N) is 4. The lowest BCUT2D eigenvalue weighted by Gasteiger charge is -2.27. The smallest absolute Gasteiger partial charge is 0.223 e. The maximum Gasteiger partial charge on any atom is 0.223 e. The van der Waals surface area contributed by atoms with Crippen LogP contribution in [-0.4, -0.2) is 40.9 Å². The molecule has 3 rings (SSSR count). The predicted molar refractivity (Wildman–Crippen MR) is 67.3 cm³/mol. The molecule has 1 saturated heterocycles. The summed E-state index contributed by atoms with van der Waals surface area (Å²) in [4.78, 5) is 7.10. The number of rotatable bonds is 2. The second-order valence-electron chi connectivity index (χ2n) is 5.11. The molecule has 94 valence electrons. The van der Waals surface area contributed by atoms with Gasteiger partial charge in [-0.15, -0.1) is 0 Å². The van der Waals surface area contributed by atoms with Crippen LogP contribution in [0, 0.1) is 0 Å². The Bertz CT molecular complexity index is 374. The molecule has 0 unspecified atom stereocenters. The van der Waals surface area contributed by atoms with E-state index in [2.05, 4.69) is 15.3 Å². The first-order chi connectivity index (χ1) is 8.34. The highest BCUT2D eigenvalue weighted by Gasteiger charge is 2.24. The summed E-state index contributed by atoms with van der Waals surface area (Å²) >= 11 is 0. The van der Waals surface area contributed by atoms with Gasteiger partial charge >= 0.3 is 0 Å². The van der Waals surface area contributed by atoms with Gasteiger partial charge in [0.05, 0.1) is 0 Å². The molecule has 0 radical (unpaired) electrons. The molecule has 1 saturated carbocycles. The molecule has 0 bridgehead atoms. The van der Waals surface area contributed by atoms with Crippen LogP contribution in [0.5, 0.6) is 0 Å². The monoisotopic (exact) mass is 235 g/mol. The predicted octanol–water partition coefficient (Wildman–Crippen LogP) is 0.882. The zero-order valence-electron chi connectivity index (χ0n) is 10.5. The molecule has 2 aliphatic rings. The molecule has 5 nitrogen and oxygen atoms in total. The van der Waals surface area contributed by atoms with Gasteiger partial charge in [0.2, 0.25) is 5.95 Å². The quantitative estimate of drug-likeness (QED) is 0.826. The normalized spacial score (nSPS) is 22.3. The van der Waals surface area contributed by atoms with E-state index in [9.17, 15) is 0 Å². The molecule has 0 atom stereocenters. The summed E-state index contributed by atoms with van der Waals surface area (Å²) in [5, 5.41) is 7.98. The Hall–Kier alpha value is -1.10. The van der Waals surface area contributed by atoms with Crippen molar-refractivity contribution in [3.63, 3.8) is 0 Å². The fourth-order valence-corrected chi connectivity index (χ4v) is 2.89. The Morgan fingerprint density at radius 3 is 2.59 bits per heavy atom. The lowest BCUT2D eigenvalue weighted by molar-refractivity contribution is 0.568. The maximum absolute atomic E-state index is 4.77. The molecule has 1 aromatic heterocycles. The second-order valence-corrected chi connectivity index (χ2v) is 5.11. The summed E-state index contributed by atoms with van der Waals surface area (Å²) in [5.74, 6) is 2.73. The molecule has 1 aliphatic heterocycles. The number of piperazine rings is 1. The molecule has 17 heavy (non-hydrogen) atoms. The molecule has 2 heterocycles. The van der Waals surface area contributed by atoms with Gasteiger partial charge in [0.1, 0.15) is 0 Å². The summed E-state index contributed by atoms with van der Waals surface area (Å²) in [6.07, 6.45) is 5.22. The highest BCUT2D eigenvalue weighted by Crippen LogP contribution is 2.32. The zero-order valence-corrected chi connectivity index (χ0v) is 10.5. The van der Waals surface area contributed by atoms with Crippen molar-refractivity contribution in [2.75, 3.05) is 31.1 Å². The van der Waals surface area contributed by atoms with Crippen molar-refractivity contribution in [3.05, 3.63) is 5.82 Å². The van der Waals surface area contributed by atoms with Crippen LogP contribution in [0.3, 0.4) is 0 Å². The zero-order chi connectivity index (χ0) is 11.7. The van der Waals surface area contributed by atoms with E-state index in [4.69, 9.17) is 4.98 Å². The van der Waals surface area contributed by atoms with Crippen LogP contribution in [0.25, 0.3) is 0 Å². The van der Waals surface area contributed by atoms with Gasteiger partial charge in [-0.05, 0) is 12.8 Å². The van der Waals surface area contributed by atoms with Crippen LogP contribution < -0.4 is 10.2 Å². The Morgan fingerprint density at radius 1 is 1.18 bits per heavy atom. The molecular weight excluding hydrogens is 214 g/mol. The summed E-state index contributed by atoms with van der Waals surface area (Å²) < 4.78 is 1.96. The van der Waals surface area contributed by atoms with Crippen molar-refractivity contribution in [1.29, 1.82) is 0 Å². The Morgan fingerprint density at radius 2 is 1.88 bits per heavy atom. The van der Waals surface area contributed by atoms with Gasteiger partial charge in [0, 0.05) is 39.1 Å². The molecule has 0 amide bonds. The Labute approximate surface area is 102 Å². The van der Waals surface area contributed by atoms with Crippen molar-refractivity contribution in [2.45, 2.75) is 31.6 Å². The molecule has 0 aromatic carbocycles. The second kappa shape index (κ2) is 4.64. The minimum Gasteiger partial charge on any atom is -0.338 e. The van der Waals surface area contributed by atoms with Crippen molar-refractivity contribution in [1.82, 2.24) is 20.1 Å². The van der Waals surface area contributed by atoms with E-state index < -0.39 is 0 Å². The highest BCUT2D eigenvalue weighted by molar-refractivity contribution is 5.31. The van der Waals surface area contributed by atoms with E-state index in [0.29, 0.717) is 5.92 Å². The topological polar surface area (TPSA) is 46.0 Å². The van der Waals surface area contributed by atoms with Gasteiger partial charge in [0.25, 0.3) is 0 Å². The Kier molecular flexibility index (Phi) is 3.01. The number of hydrogen-bond acceptors (Lipinski definition) is 4. The first-order valence-electron chi connectivity index (χ1n) is 6.71. The lowest BCUT2D eigenvalue weighted by Crippen LogP contribution is -2.44. The summed E-state index contributed by atoms with van der Waals surface area (Å²) in [6, 6.07) is 0. The van der Waals surface area contributed by atoms with Gasteiger partial charge in [-0.25, -0.2) is 4.68 Å². The van der Waals surface area contributed by atoms with E-state index in [1.807, 2.05) is 11.7 Å². The van der Waals surface area contributed by atoms with Crippen LogP contribution in [0.1, 0.15) is 37.4 Å². The number of nitrogens with one attached hydrogen (secondary N) is 1. The van der Waals surface area contributed by atoms with Gasteiger partial charge < -0.3 is 10.2 Å². The van der Waals surface area contributed by atoms with Crippen LogP contribution >= 0.6 is 0 Å². The van der Waals surface area contributed by atoms with E-state index in [0.717, 1.165) is 38.0 Å². The number of aryl methyl sites for hydroxylation is 1. The molecule has 5 heteroatoms. The average molecular weight is 235 g/mol. The molecule has 2 fully saturated rings. The molecule has 1 aromatic rings. The third-order valence-electron chi connectivity index (χ3n) is 3.88. The maximum atomic E-state index is 4.77.